The van der Waals surface area contributed by atoms with Gasteiger partial charge in [0.05, 0.1) is 6.61 Å². The summed E-state index contributed by atoms with van der Waals surface area (Å²) < 4.78 is 5.03. The van der Waals surface area contributed by atoms with Crippen LogP contribution in [0.2, 0.25) is 0 Å². The molecule has 0 amide bonds. The molecule has 0 aromatic rings. The highest BCUT2D eigenvalue weighted by Gasteiger charge is 1.93. The molecule has 0 aromatic heterocycles. The number of ether oxygens (including phenoxy) is 1. The summed E-state index contributed by atoms with van der Waals surface area (Å²) >= 11 is 0. The summed E-state index contributed by atoms with van der Waals surface area (Å²) in [5.74, 6) is 0.264. The zero-order valence-electron chi connectivity index (χ0n) is 11.0. The quantitative estimate of drug-likeness (QED) is 0.588. The maximum Gasteiger partial charge on any atom is 0.130 e. The van der Waals surface area contributed by atoms with Gasteiger partial charge in [-0.25, -0.2) is 0 Å². The van der Waals surface area contributed by atoms with Gasteiger partial charge in [0.1, 0.15) is 5.78 Å². The first-order valence-electron chi connectivity index (χ1n) is 5.86. The molecule has 0 aliphatic rings. The third-order valence-corrected chi connectivity index (χ3v) is 2.39. The van der Waals surface area contributed by atoms with Crippen LogP contribution in [0.25, 0.3) is 0 Å². The van der Waals surface area contributed by atoms with E-state index < -0.39 is 0 Å². The lowest BCUT2D eigenvalue weighted by molar-refractivity contribution is -0.116. The van der Waals surface area contributed by atoms with Crippen molar-refractivity contribution in [2.45, 2.75) is 46.5 Å². The maximum atomic E-state index is 10.7. The molecule has 0 saturated carbocycles. The number of carbonyl (C=O) groups is 1. The van der Waals surface area contributed by atoms with Crippen molar-refractivity contribution in [2.24, 2.45) is 0 Å². The summed E-state index contributed by atoms with van der Waals surface area (Å²) in [5.41, 5.74) is 2.64. The summed E-state index contributed by atoms with van der Waals surface area (Å²) in [4.78, 5) is 10.7. The molecule has 0 spiro atoms. The molecule has 0 aliphatic carbocycles. The minimum Gasteiger partial charge on any atom is -0.380 e. The van der Waals surface area contributed by atoms with Crippen molar-refractivity contribution in [1.82, 2.24) is 0 Å². The van der Waals surface area contributed by atoms with E-state index in [1.54, 1.807) is 14.0 Å². The van der Waals surface area contributed by atoms with E-state index in [1.165, 1.54) is 11.1 Å². The van der Waals surface area contributed by atoms with E-state index in [0.717, 1.165) is 19.3 Å². The van der Waals surface area contributed by atoms with E-state index in [9.17, 15) is 4.79 Å². The Morgan fingerprint density at radius 3 is 2.12 bits per heavy atom. The number of rotatable bonds is 8. The highest BCUT2D eigenvalue weighted by molar-refractivity contribution is 5.75. The molecule has 0 saturated heterocycles. The van der Waals surface area contributed by atoms with Crippen LogP contribution in [0.3, 0.4) is 0 Å². The molecule has 0 rings (SSSR count). The molecule has 2 heteroatoms. The van der Waals surface area contributed by atoms with Crippen molar-refractivity contribution in [3.8, 4) is 0 Å². The van der Waals surface area contributed by atoms with Crippen molar-refractivity contribution in [3.05, 3.63) is 23.3 Å². The Kier molecular flexibility index (Phi) is 8.82. The van der Waals surface area contributed by atoms with Gasteiger partial charge < -0.3 is 9.53 Å². The van der Waals surface area contributed by atoms with Gasteiger partial charge in [-0.3, -0.25) is 0 Å². The standard InChI is InChI=1S/C14H24O2/c1-12(8-6-10-14(3)15)7-5-9-13(2)11-16-4/h8-9H,5-7,10-11H2,1-4H3/b12-8+,13-9+. The highest BCUT2D eigenvalue weighted by Crippen LogP contribution is 2.08. The minimum atomic E-state index is 0.264. The predicted molar refractivity (Wildman–Crippen MR) is 68.5 cm³/mol. The number of allylic oxidation sites excluding steroid dienone is 3. The Morgan fingerprint density at radius 2 is 1.56 bits per heavy atom. The largest absolute Gasteiger partial charge is 0.380 e. The van der Waals surface area contributed by atoms with Gasteiger partial charge in [0, 0.05) is 13.5 Å². The first kappa shape index (κ1) is 15.1. The summed E-state index contributed by atoms with van der Waals surface area (Å²) in [6.07, 6.45) is 8.04. The molecule has 0 atom stereocenters. The molecule has 0 fully saturated rings. The van der Waals surface area contributed by atoms with E-state index in [4.69, 9.17) is 4.74 Å². The van der Waals surface area contributed by atoms with Crippen LogP contribution in [0.5, 0.6) is 0 Å². The molecule has 0 unspecified atom stereocenters. The lowest BCUT2D eigenvalue weighted by Gasteiger charge is -2.01. The fraction of sp³-hybridized carbons (Fsp3) is 0.643. The minimum absolute atomic E-state index is 0.264. The average molecular weight is 224 g/mol. The average Bonchev–Trinajstić information content (AvgIpc) is 2.17. The fourth-order valence-corrected chi connectivity index (χ4v) is 1.46. The smallest absolute Gasteiger partial charge is 0.130 e. The molecule has 0 aliphatic heterocycles. The Balaban J connectivity index is 3.75. The number of methoxy groups -OCH3 is 1. The molecule has 0 N–H and O–H groups in total. The number of hydrogen-bond acceptors (Lipinski definition) is 2. The van der Waals surface area contributed by atoms with Gasteiger partial charge >= 0.3 is 0 Å². The molecule has 2 nitrogen and oxygen atoms in total. The van der Waals surface area contributed by atoms with Crippen LogP contribution in [0.15, 0.2) is 23.3 Å². The van der Waals surface area contributed by atoms with Gasteiger partial charge in [0.15, 0.2) is 0 Å². The molecule has 0 bridgehead atoms. The third kappa shape index (κ3) is 9.66. The van der Waals surface area contributed by atoms with Gasteiger partial charge in [-0.1, -0.05) is 23.3 Å². The van der Waals surface area contributed by atoms with Crippen molar-refractivity contribution in [2.75, 3.05) is 13.7 Å². The second-order valence-electron chi connectivity index (χ2n) is 4.31. The van der Waals surface area contributed by atoms with Crippen LogP contribution in [-0.2, 0) is 9.53 Å². The monoisotopic (exact) mass is 224 g/mol. The molecule has 0 aromatic carbocycles. The number of hydrogen-bond donors (Lipinski definition) is 0. The molecule has 0 radical (unpaired) electrons. The van der Waals surface area contributed by atoms with Crippen molar-refractivity contribution in [3.63, 3.8) is 0 Å². The van der Waals surface area contributed by atoms with Gasteiger partial charge in [0.2, 0.25) is 0 Å². The van der Waals surface area contributed by atoms with Gasteiger partial charge in [-0.15, -0.1) is 0 Å². The maximum absolute atomic E-state index is 10.7. The first-order valence-corrected chi connectivity index (χ1v) is 5.86. The molecular weight excluding hydrogens is 200 g/mol. The van der Waals surface area contributed by atoms with Crippen LogP contribution in [0.4, 0.5) is 0 Å². The molecule has 0 heterocycles. The van der Waals surface area contributed by atoms with Crippen molar-refractivity contribution in [1.29, 1.82) is 0 Å². The van der Waals surface area contributed by atoms with E-state index in [1.807, 2.05) is 0 Å². The SMILES string of the molecule is COC/C(C)=C/CC/C(C)=C/CCC(C)=O. The zero-order chi connectivity index (χ0) is 12.4. The third-order valence-electron chi connectivity index (χ3n) is 2.39. The Hall–Kier alpha value is -0.890. The van der Waals surface area contributed by atoms with Gasteiger partial charge in [-0.05, 0) is 40.0 Å². The van der Waals surface area contributed by atoms with Crippen LogP contribution in [0.1, 0.15) is 46.5 Å². The van der Waals surface area contributed by atoms with Crippen LogP contribution < -0.4 is 0 Å². The first-order chi connectivity index (χ1) is 7.56. The second kappa shape index (κ2) is 9.34. The van der Waals surface area contributed by atoms with Gasteiger partial charge in [0.25, 0.3) is 0 Å². The Bertz CT molecular complexity index is 262. The van der Waals surface area contributed by atoms with E-state index >= 15 is 0 Å². The normalized spacial score (nSPS) is 13.0. The number of ketones is 1. The highest BCUT2D eigenvalue weighted by atomic mass is 16.5. The molecular formula is C14H24O2. The molecule has 16 heavy (non-hydrogen) atoms. The Morgan fingerprint density at radius 1 is 1.00 bits per heavy atom. The lowest BCUT2D eigenvalue weighted by Crippen LogP contribution is -1.90. The van der Waals surface area contributed by atoms with Gasteiger partial charge in [-0.2, -0.15) is 0 Å². The summed E-state index contributed by atoms with van der Waals surface area (Å²) in [5, 5.41) is 0. The van der Waals surface area contributed by atoms with Crippen molar-refractivity contribution >= 4 is 5.78 Å². The summed E-state index contributed by atoms with van der Waals surface area (Å²) in [6.45, 7) is 6.56. The lowest BCUT2D eigenvalue weighted by atomic mass is 10.1. The second-order valence-corrected chi connectivity index (χ2v) is 4.31. The zero-order valence-corrected chi connectivity index (χ0v) is 11.0. The van der Waals surface area contributed by atoms with E-state index in [2.05, 4.69) is 26.0 Å². The van der Waals surface area contributed by atoms with Crippen LogP contribution >= 0.6 is 0 Å². The van der Waals surface area contributed by atoms with Crippen molar-refractivity contribution < 1.29 is 9.53 Å². The number of Topliss-reactive ketones (excluding diaryl/α,β-unsaturated/α-hetero) is 1. The number of carbonyl (C=O) groups excluding carboxylic acids is 1. The van der Waals surface area contributed by atoms with Crippen LogP contribution in [-0.4, -0.2) is 19.5 Å². The molecule has 92 valence electrons. The van der Waals surface area contributed by atoms with E-state index in [0.29, 0.717) is 13.0 Å². The summed E-state index contributed by atoms with van der Waals surface area (Å²) in [7, 11) is 1.71. The van der Waals surface area contributed by atoms with E-state index in [-0.39, 0.29) is 5.78 Å². The topological polar surface area (TPSA) is 26.3 Å². The Labute approximate surface area is 99.4 Å². The summed E-state index contributed by atoms with van der Waals surface area (Å²) in [6, 6.07) is 0. The van der Waals surface area contributed by atoms with Crippen LogP contribution in [0, 0.1) is 0 Å². The fourth-order valence-electron chi connectivity index (χ4n) is 1.46. The predicted octanol–water partition coefficient (Wildman–Crippen LogP) is 3.67.